The number of piperidine rings is 1. The number of aromatic nitrogens is 1. The van der Waals surface area contributed by atoms with E-state index >= 15 is 0 Å². The molecule has 7 nitrogen and oxygen atoms in total. The van der Waals surface area contributed by atoms with Crippen LogP contribution in [0.5, 0.6) is 5.75 Å². The van der Waals surface area contributed by atoms with Crippen LogP contribution in [-0.2, 0) is 17.8 Å². The van der Waals surface area contributed by atoms with E-state index in [4.69, 9.17) is 13.7 Å². The van der Waals surface area contributed by atoms with Gasteiger partial charge in [-0.15, -0.1) is 0 Å². The van der Waals surface area contributed by atoms with Crippen molar-refractivity contribution in [2.75, 3.05) is 20.2 Å². The molecule has 1 amide bonds. The highest BCUT2D eigenvalue weighted by Crippen LogP contribution is 2.28. The van der Waals surface area contributed by atoms with Gasteiger partial charge in [0.1, 0.15) is 11.5 Å². The maximum atomic E-state index is 12.4. The summed E-state index contributed by atoms with van der Waals surface area (Å²) in [4.78, 5) is 12.4. The first kappa shape index (κ1) is 20.2. The number of nitrogens with one attached hydrogen (secondary N) is 2. The van der Waals surface area contributed by atoms with Crippen molar-refractivity contribution in [2.24, 2.45) is 11.8 Å². The molecule has 0 bridgehead atoms. The highest BCUT2D eigenvalue weighted by molar-refractivity contribution is 5.76. The van der Waals surface area contributed by atoms with Crippen LogP contribution in [0.25, 0.3) is 11.3 Å². The van der Waals surface area contributed by atoms with Crippen LogP contribution in [0.15, 0.2) is 57.7 Å². The molecule has 2 N–H and O–H groups in total. The summed E-state index contributed by atoms with van der Waals surface area (Å²) in [6.45, 7) is 2.24. The lowest BCUT2D eigenvalue weighted by atomic mass is 9.81. The molecule has 0 spiro atoms. The molecule has 0 radical (unpaired) electrons. The lowest BCUT2D eigenvalue weighted by molar-refractivity contribution is -0.122. The topological polar surface area (TPSA) is 89.5 Å². The Morgan fingerprint density at radius 2 is 2.13 bits per heavy atom. The van der Waals surface area contributed by atoms with Gasteiger partial charge in [-0.3, -0.25) is 4.79 Å². The standard InChI is InChI=1S/C23H27N3O4/c1-28-20-6-4-16(5-7-20)22-13-19(26-30-22)11-18-14-24-9-8-17(18)12-23(27)25-15-21-3-2-10-29-21/h2-7,10,13,17-18,24H,8-9,11-12,14-15H2,1H3,(H,25,27). The Morgan fingerprint density at radius 3 is 2.90 bits per heavy atom. The van der Waals surface area contributed by atoms with Gasteiger partial charge in [0, 0.05) is 18.1 Å². The second kappa shape index (κ2) is 9.63. The molecule has 0 aliphatic carbocycles. The first-order valence-electron chi connectivity index (χ1n) is 10.3. The minimum Gasteiger partial charge on any atom is -0.497 e. The van der Waals surface area contributed by atoms with E-state index in [0.29, 0.717) is 24.8 Å². The van der Waals surface area contributed by atoms with Crippen LogP contribution in [0, 0.1) is 11.8 Å². The van der Waals surface area contributed by atoms with E-state index in [2.05, 4.69) is 15.8 Å². The third-order valence-electron chi connectivity index (χ3n) is 5.66. The van der Waals surface area contributed by atoms with E-state index < -0.39 is 0 Å². The molecule has 2 atom stereocenters. The first-order chi connectivity index (χ1) is 14.7. The zero-order valence-electron chi connectivity index (χ0n) is 17.1. The van der Waals surface area contributed by atoms with Gasteiger partial charge in [-0.2, -0.15) is 0 Å². The molecule has 2 unspecified atom stereocenters. The SMILES string of the molecule is COc1ccc(-c2cc(CC3CNCCC3CC(=O)NCc3ccco3)no2)cc1. The number of carbonyl (C=O) groups is 1. The van der Waals surface area contributed by atoms with E-state index in [1.807, 2.05) is 42.5 Å². The second-order valence-corrected chi connectivity index (χ2v) is 7.69. The molecule has 4 rings (SSSR count). The average molecular weight is 409 g/mol. The molecule has 1 aromatic carbocycles. The quantitative estimate of drug-likeness (QED) is 0.593. The molecule has 3 heterocycles. The number of carbonyl (C=O) groups excluding carboxylic acids is 1. The van der Waals surface area contributed by atoms with E-state index in [1.165, 1.54) is 0 Å². The molecule has 1 aliphatic rings. The summed E-state index contributed by atoms with van der Waals surface area (Å²) in [7, 11) is 1.65. The van der Waals surface area contributed by atoms with Crippen molar-refractivity contribution in [1.82, 2.24) is 15.8 Å². The predicted molar refractivity (Wildman–Crippen MR) is 112 cm³/mol. The number of methoxy groups -OCH3 is 1. The Labute approximate surface area is 175 Å². The monoisotopic (exact) mass is 409 g/mol. The minimum atomic E-state index is 0.0578. The fourth-order valence-electron chi connectivity index (χ4n) is 3.96. The Kier molecular flexibility index (Phi) is 6.49. The van der Waals surface area contributed by atoms with Crippen molar-refractivity contribution in [2.45, 2.75) is 25.8 Å². The Hall–Kier alpha value is -3.06. The zero-order chi connectivity index (χ0) is 20.8. The number of rotatable bonds is 8. The molecule has 3 aromatic rings. The lowest BCUT2D eigenvalue weighted by Gasteiger charge is -2.31. The number of benzene rings is 1. The van der Waals surface area contributed by atoms with Crippen molar-refractivity contribution in [3.8, 4) is 17.1 Å². The number of hydrogen-bond donors (Lipinski definition) is 2. The molecule has 7 heteroatoms. The number of ether oxygens (including phenoxy) is 1. The van der Waals surface area contributed by atoms with Gasteiger partial charge < -0.3 is 24.3 Å². The zero-order valence-corrected chi connectivity index (χ0v) is 17.1. The largest absolute Gasteiger partial charge is 0.497 e. The fourth-order valence-corrected chi connectivity index (χ4v) is 3.96. The maximum absolute atomic E-state index is 12.4. The van der Waals surface area contributed by atoms with Gasteiger partial charge in [0.25, 0.3) is 0 Å². The molecular weight excluding hydrogens is 382 g/mol. The van der Waals surface area contributed by atoms with Crippen LogP contribution in [0.4, 0.5) is 0 Å². The smallest absolute Gasteiger partial charge is 0.220 e. The number of furan rings is 1. The van der Waals surface area contributed by atoms with Crippen LogP contribution in [-0.4, -0.2) is 31.3 Å². The van der Waals surface area contributed by atoms with E-state index in [9.17, 15) is 4.79 Å². The summed E-state index contributed by atoms with van der Waals surface area (Å²) in [6, 6.07) is 13.4. The number of amides is 1. The number of hydrogen-bond acceptors (Lipinski definition) is 6. The summed E-state index contributed by atoms with van der Waals surface area (Å²) < 4.78 is 16.0. The van der Waals surface area contributed by atoms with E-state index in [-0.39, 0.29) is 5.91 Å². The van der Waals surface area contributed by atoms with Crippen molar-refractivity contribution in [1.29, 1.82) is 0 Å². The fraction of sp³-hybridized carbons (Fsp3) is 0.391. The number of nitrogens with zero attached hydrogens (tertiary/aromatic N) is 1. The third-order valence-corrected chi connectivity index (χ3v) is 5.66. The van der Waals surface area contributed by atoms with Crippen molar-refractivity contribution >= 4 is 5.91 Å². The summed E-state index contributed by atoms with van der Waals surface area (Å²) in [5.74, 6) is 3.01. The van der Waals surface area contributed by atoms with Crippen LogP contribution >= 0.6 is 0 Å². The van der Waals surface area contributed by atoms with Crippen LogP contribution in [0.3, 0.4) is 0 Å². The molecule has 1 saturated heterocycles. The minimum absolute atomic E-state index is 0.0578. The third kappa shape index (κ3) is 5.10. The van der Waals surface area contributed by atoms with Gasteiger partial charge in [-0.25, -0.2) is 0 Å². The Balaban J connectivity index is 1.35. The second-order valence-electron chi connectivity index (χ2n) is 7.69. The highest BCUT2D eigenvalue weighted by atomic mass is 16.5. The first-order valence-corrected chi connectivity index (χ1v) is 10.3. The van der Waals surface area contributed by atoms with Crippen molar-refractivity contribution in [3.05, 3.63) is 60.2 Å². The van der Waals surface area contributed by atoms with Crippen LogP contribution in [0.2, 0.25) is 0 Å². The van der Waals surface area contributed by atoms with Gasteiger partial charge >= 0.3 is 0 Å². The molecule has 158 valence electrons. The lowest BCUT2D eigenvalue weighted by Crippen LogP contribution is -2.40. The molecule has 1 aliphatic heterocycles. The van der Waals surface area contributed by atoms with Gasteiger partial charge in [0.05, 0.1) is 25.6 Å². The maximum Gasteiger partial charge on any atom is 0.220 e. The molecule has 1 fully saturated rings. The molecular formula is C23H27N3O4. The van der Waals surface area contributed by atoms with Crippen molar-refractivity contribution in [3.63, 3.8) is 0 Å². The Bertz CT molecular complexity index is 934. The summed E-state index contributed by atoms with van der Waals surface area (Å²) in [5.41, 5.74) is 1.88. The van der Waals surface area contributed by atoms with E-state index in [1.54, 1.807) is 13.4 Å². The summed E-state index contributed by atoms with van der Waals surface area (Å²) in [6.07, 6.45) is 3.88. The Morgan fingerprint density at radius 1 is 1.27 bits per heavy atom. The molecule has 0 saturated carbocycles. The molecule has 30 heavy (non-hydrogen) atoms. The van der Waals surface area contributed by atoms with Gasteiger partial charge in [0.2, 0.25) is 5.91 Å². The normalized spacial score (nSPS) is 18.8. The molecule has 2 aromatic heterocycles. The summed E-state index contributed by atoms with van der Waals surface area (Å²) >= 11 is 0. The van der Waals surface area contributed by atoms with E-state index in [0.717, 1.165) is 54.5 Å². The van der Waals surface area contributed by atoms with Gasteiger partial charge in [0.15, 0.2) is 5.76 Å². The predicted octanol–water partition coefficient (Wildman–Crippen LogP) is 3.42. The van der Waals surface area contributed by atoms with Crippen LogP contribution in [0.1, 0.15) is 24.3 Å². The van der Waals surface area contributed by atoms with Crippen LogP contribution < -0.4 is 15.4 Å². The summed E-state index contributed by atoms with van der Waals surface area (Å²) in [5, 5.41) is 10.7. The van der Waals surface area contributed by atoms with Gasteiger partial charge in [-0.1, -0.05) is 5.16 Å². The van der Waals surface area contributed by atoms with Crippen molar-refractivity contribution < 1.29 is 18.5 Å². The average Bonchev–Trinajstić information content (AvgIpc) is 3.46. The highest BCUT2D eigenvalue weighted by Gasteiger charge is 2.28. The van der Waals surface area contributed by atoms with Gasteiger partial charge in [-0.05, 0) is 74.2 Å².